The highest BCUT2D eigenvalue weighted by molar-refractivity contribution is 5.93. The van der Waals surface area contributed by atoms with Gasteiger partial charge in [0.1, 0.15) is 29.4 Å². The Bertz CT molecular complexity index is 710. The van der Waals surface area contributed by atoms with Crippen molar-refractivity contribution in [3.63, 3.8) is 0 Å². The van der Waals surface area contributed by atoms with Crippen LogP contribution < -0.4 is 0 Å². The predicted molar refractivity (Wildman–Crippen MR) is 79.5 cm³/mol. The van der Waals surface area contributed by atoms with Crippen LogP contribution in [0, 0.1) is 34.0 Å². The van der Waals surface area contributed by atoms with E-state index in [1.165, 1.54) is 6.08 Å². The minimum absolute atomic E-state index is 0.0522. The molecule has 0 aliphatic heterocycles. The van der Waals surface area contributed by atoms with Crippen molar-refractivity contribution < 1.29 is 9.53 Å². The fourth-order valence-electron chi connectivity index (χ4n) is 1.75. The van der Waals surface area contributed by atoms with Crippen molar-refractivity contribution in [3.05, 3.63) is 53.1 Å². The van der Waals surface area contributed by atoms with Crippen LogP contribution in [0.2, 0.25) is 0 Å². The zero-order valence-corrected chi connectivity index (χ0v) is 12.0. The summed E-state index contributed by atoms with van der Waals surface area (Å²) < 4.78 is 4.77. The molecule has 0 radical (unpaired) electrons. The van der Waals surface area contributed by atoms with Crippen LogP contribution in [-0.4, -0.2) is 12.6 Å². The highest BCUT2D eigenvalue weighted by Gasteiger charge is 2.12. The molecule has 0 aromatic heterocycles. The quantitative estimate of drug-likeness (QED) is 0.472. The van der Waals surface area contributed by atoms with Crippen LogP contribution in [-0.2, 0) is 9.53 Å². The second-order valence-corrected chi connectivity index (χ2v) is 4.10. The Balaban J connectivity index is 3.21. The van der Waals surface area contributed by atoms with Gasteiger partial charge < -0.3 is 4.74 Å². The molecule has 1 rings (SSSR count). The molecule has 0 aliphatic carbocycles. The molecular formula is C17H13N3O2. The van der Waals surface area contributed by atoms with Crippen molar-refractivity contribution in [2.45, 2.75) is 13.3 Å². The van der Waals surface area contributed by atoms with E-state index in [0.29, 0.717) is 11.1 Å². The maximum absolute atomic E-state index is 11.6. The number of allylic oxidation sites excluding steroid dienone is 3. The first-order chi connectivity index (χ1) is 10.7. The first-order valence-electron chi connectivity index (χ1n) is 6.54. The van der Waals surface area contributed by atoms with Crippen LogP contribution in [0.5, 0.6) is 0 Å². The third-order valence-electron chi connectivity index (χ3n) is 2.77. The topological polar surface area (TPSA) is 97.7 Å². The molecule has 0 heterocycles. The van der Waals surface area contributed by atoms with E-state index in [2.05, 4.69) is 0 Å². The van der Waals surface area contributed by atoms with Gasteiger partial charge in [0.05, 0.1) is 6.61 Å². The molecule has 0 aliphatic rings. The number of rotatable bonds is 5. The molecule has 5 nitrogen and oxygen atoms in total. The second-order valence-electron chi connectivity index (χ2n) is 4.10. The van der Waals surface area contributed by atoms with E-state index in [1.54, 1.807) is 37.3 Å². The van der Waals surface area contributed by atoms with E-state index >= 15 is 0 Å². The van der Waals surface area contributed by atoms with E-state index in [-0.39, 0.29) is 24.2 Å². The van der Waals surface area contributed by atoms with E-state index in [0.717, 1.165) is 0 Å². The van der Waals surface area contributed by atoms with Crippen LogP contribution >= 0.6 is 0 Å². The summed E-state index contributed by atoms with van der Waals surface area (Å²) in [6.07, 6.45) is 1.48. The molecule has 108 valence electrons. The molecule has 1 aromatic rings. The van der Waals surface area contributed by atoms with Gasteiger partial charge in [0.2, 0.25) is 0 Å². The molecule has 0 saturated heterocycles. The lowest BCUT2D eigenvalue weighted by atomic mass is 9.97. The molecule has 0 saturated carbocycles. The van der Waals surface area contributed by atoms with Crippen LogP contribution in [0.4, 0.5) is 0 Å². The minimum atomic E-state index is -0.715. The molecule has 0 amide bonds. The number of carbonyl (C=O) groups is 1. The fraction of sp³-hybridized carbons (Fsp3) is 0.176. The van der Waals surface area contributed by atoms with Gasteiger partial charge >= 0.3 is 5.97 Å². The summed E-state index contributed by atoms with van der Waals surface area (Å²) in [5.41, 5.74) is 0.953. The summed E-state index contributed by atoms with van der Waals surface area (Å²) >= 11 is 0. The van der Waals surface area contributed by atoms with E-state index in [1.807, 2.05) is 18.2 Å². The summed E-state index contributed by atoms with van der Waals surface area (Å²) in [5, 5.41) is 27.1. The average Bonchev–Trinajstić information content (AvgIpc) is 2.55. The summed E-state index contributed by atoms with van der Waals surface area (Å²) in [6, 6.07) is 14.3. The summed E-state index contributed by atoms with van der Waals surface area (Å²) in [4.78, 5) is 11.6. The van der Waals surface area contributed by atoms with Crippen molar-refractivity contribution >= 4 is 11.5 Å². The number of esters is 1. The highest BCUT2D eigenvalue weighted by atomic mass is 16.5. The molecule has 0 bridgehead atoms. The smallest absolute Gasteiger partial charge is 0.348 e. The molecule has 1 aromatic carbocycles. The van der Waals surface area contributed by atoms with Gasteiger partial charge in [-0.15, -0.1) is 0 Å². The Morgan fingerprint density at radius 3 is 2.27 bits per heavy atom. The minimum Gasteiger partial charge on any atom is -0.462 e. The second kappa shape index (κ2) is 8.74. The Labute approximate surface area is 129 Å². The van der Waals surface area contributed by atoms with E-state index in [9.17, 15) is 4.79 Å². The standard InChI is InChI=1S/C17H13N3O2/c1-2-22-17(21)14(10-18)8-9-16(15(11-19)12-20)13-6-4-3-5-7-13/h3-8H,2,9H2,1H3/b14-8-. The summed E-state index contributed by atoms with van der Waals surface area (Å²) in [5.74, 6) is -0.715. The Hall–Kier alpha value is -3.36. The van der Waals surface area contributed by atoms with Gasteiger partial charge in [-0.2, -0.15) is 15.8 Å². The number of hydrogen-bond donors (Lipinski definition) is 0. The lowest BCUT2D eigenvalue weighted by Crippen LogP contribution is -2.06. The maximum atomic E-state index is 11.6. The molecule has 0 spiro atoms. The van der Waals surface area contributed by atoms with Gasteiger partial charge in [0.15, 0.2) is 0 Å². The van der Waals surface area contributed by atoms with Crippen molar-refractivity contribution in [1.82, 2.24) is 0 Å². The predicted octanol–water partition coefficient (Wildman–Crippen LogP) is 2.89. The van der Waals surface area contributed by atoms with E-state index in [4.69, 9.17) is 20.5 Å². The molecule has 0 atom stereocenters. The Morgan fingerprint density at radius 1 is 1.14 bits per heavy atom. The first kappa shape index (κ1) is 16.7. The lowest BCUT2D eigenvalue weighted by Gasteiger charge is -2.06. The number of ether oxygens (including phenoxy) is 1. The molecule has 0 N–H and O–H groups in total. The number of benzene rings is 1. The molecule has 22 heavy (non-hydrogen) atoms. The monoisotopic (exact) mass is 291 g/mol. The highest BCUT2D eigenvalue weighted by Crippen LogP contribution is 2.23. The average molecular weight is 291 g/mol. The first-order valence-corrected chi connectivity index (χ1v) is 6.54. The van der Waals surface area contributed by atoms with E-state index < -0.39 is 5.97 Å². The lowest BCUT2D eigenvalue weighted by molar-refractivity contribution is -0.138. The van der Waals surface area contributed by atoms with Crippen LogP contribution in [0.1, 0.15) is 18.9 Å². The summed E-state index contributed by atoms with van der Waals surface area (Å²) in [6.45, 7) is 1.81. The SMILES string of the molecule is CCOC(=O)/C(C#N)=C\CC(=C(C#N)C#N)c1ccccc1. The maximum Gasteiger partial charge on any atom is 0.348 e. The zero-order chi connectivity index (χ0) is 16.4. The van der Waals surface area contributed by atoms with Gasteiger partial charge in [-0.25, -0.2) is 4.79 Å². The fourth-order valence-corrected chi connectivity index (χ4v) is 1.75. The van der Waals surface area contributed by atoms with Crippen molar-refractivity contribution in [2.24, 2.45) is 0 Å². The van der Waals surface area contributed by atoms with Crippen molar-refractivity contribution in [2.75, 3.05) is 6.61 Å². The number of nitrogens with zero attached hydrogens (tertiary/aromatic N) is 3. The number of hydrogen-bond acceptors (Lipinski definition) is 5. The van der Waals surface area contributed by atoms with Gasteiger partial charge in [-0.3, -0.25) is 0 Å². The summed E-state index contributed by atoms with van der Waals surface area (Å²) in [7, 11) is 0. The molecule has 0 fully saturated rings. The third-order valence-corrected chi connectivity index (χ3v) is 2.77. The van der Waals surface area contributed by atoms with Gasteiger partial charge in [0.25, 0.3) is 0 Å². The Morgan fingerprint density at radius 2 is 1.77 bits per heavy atom. The van der Waals surface area contributed by atoms with Crippen molar-refractivity contribution in [1.29, 1.82) is 15.8 Å². The van der Waals surface area contributed by atoms with Crippen LogP contribution in [0.3, 0.4) is 0 Å². The van der Waals surface area contributed by atoms with Crippen molar-refractivity contribution in [3.8, 4) is 18.2 Å². The normalized spacial score (nSPS) is 9.82. The zero-order valence-electron chi connectivity index (χ0n) is 12.0. The van der Waals surface area contributed by atoms with Crippen LogP contribution in [0.25, 0.3) is 5.57 Å². The van der Waals surface area contributed by atoms with Gasteiger partial charge in [0, 0.05) is 0 Å². The molecular weight excluding hydrogens is 278 g/mol. The third kappa shape index (κ3) is 4.34. The largest absolute Gasteiger partial charge is 0.462 e. The molecule has 0 unspecified atom stereocenters. The number of nitriles is 3. The molecule has 5 heteroatoms. The van der Waals surface area contributed by atoms with Crippen LogP contribution in [0.15, 0.2) is 47.6 Å². The number of carbonyl (C=O) groups excluding carboxylic acids is 1. The van der Waals surface area contributed by atoms with Gasteiger partial charge in [-0.1, -0.05) is 36.4 Å². The van der Waals surface area contributed by atoms with Gasteiger partial charge in [-0.05, 0) is 24.5 Å². The Kier molecular flexibility index (Phi) is 6.63.